The molecule has 6 nitrogen and oxygen atoms in total. The van der Waals surface area contributed by atoms with E-state index in [2.05, 4.69) is 28.2 Å². The maximum Gasteiger partial charge on any atom is 0.193 e. The fourth-order valence-corrected chi connectivity index (χ4v) is 2.94. The lowest BCUT2D eigenvalue weighted by atomic mass is 9.94. The molecule has 1 aliphatic heterocycles. The Hall–Kier alpha value is -1.06. The van der Waals surface area contributed by atoms with Crippen LogP contribution in [0.3, 0.4) is 0 Å². The van der Waals surface area contributed by atoms with Crippen LogP contribution in [0, 0.1) is 6.92 Å². The molecule has 0 atom stereocenters. The summed E-state index contributed by atoms with van der Waals surface area (Å²) in [6.07, 6.45) is 1.79. The number of ether oxygens (including phenoxy) is 3. The second kappa shape index (κ2) is 11.6. The van der Waals surface area contributed by atoms with Crippen LogP contribution in [0.4, 0.5) is 0 Å². The topological polar surface area (TPSA) is 55.3 Å². The van der Waals surface area contributed by atoms with E-state index in [9.17, 15) is 0 Å². The van der Waals surface area contributed by atoms with Crippen molar-refractivity contribution in [2.75, 3.05) is 54.1 Å². The Morgan fingerprint density at radius 2 is 2.00 bits per heavy atom. The minimum atomic E-state index is -0.174. The van der Waals surface area contributed by atoms with Crippen LogP contribution in [0.15, 0.2) is 29.3 Å². The lowest BCUT2D eigenvalue weighted by Gasteiger charge is -2.37. The number of hydrogen-bond donors (Lipinski definition) is 1. The third kappa shape index (κ3) is 6.59. The van der Waals surface area contributed by atoms with E-state index in [0.29, 0.717) is 6.61 Å². The molecule has 1 aromatic rings. The van der Waals surface area contributed by atoms with Gasteiger partial charge in [0, 0.05) is 53.8 Å². The molecule has 0 bridgehead atoms. The molecule has 0 radical (unpaired) electrons. The minimum absolute atomic E-state index is 0. The van der Waals surface area contributed by atoms with Crippen LogP contribution in [0.2, 0.25) is 0 Å². The third-order valence-electron chi connectivity index (χ3n) is 4.76. The molecule has 0 aromatic heterocycles. The summed E-state index contributed by atoms with van der Waals surface area (Å²) in [5.74, 6) is 1.77. The Bertz CT molecular complexity index is 563. The van der Waals surface area contributed by atoms with Crippen molar-refractivity contribution in [3.8, 4) is 5.75 Å². The molecule has 1 N–H and O–H groups in total. The number of nitrogens with one attached hydrogen (secondary N) is 1. The summed E-state index contributed by atoms with van der Waals surface area (Å²) >= 11 is 0. The van der Waals surface area contributed by atoms with Gasteiger partial charge in [-0.05, 0) is 18.6 Å². The average molecular weight is 477 g/mol. The highest BCUT2D eigenvalue weighted by Gasteiger charge is 2.32. The van der Waals surface area contributed by atoms with E-state index in [1.54, 1.807) is 14.2 Å². The highest BCUT2D eigenvalue weighted by molar-refractivity contribution is 14.0. The average Bonchev–Trinajstić information content (AvgIpc) is 2.64. The highest BCUT2D eigenvalue weighted by atomic mass is 127. The van der Waals surface area contributed by atoms with Crippen LogP contribution < -0.4 is 10.1 Å². The van der Waals surface area contributed by atoms with Gasteiger partial charge in [-0.3, -0.25) is 4.99 Å². The van der Waals surface area contributed by atoms with Crippen LogP contribution in [-0.2, 0) is 9.47 Å². The van der Waals surface area contributed by atoms with Crippen molar-refractivity contribution in [3.05, 3.63) is 29.8 Å². The van der Waals surface area contributed by atoms with Gasteiger partial charge in [-0.1, -0.05) is 18.2 Å². The zero-order valence-electron chi connectivity index (χ0n) is 16.3. The number of hydrogen-bond acceptors (Lipinski definition) is 4. The van der Waals surface area contributed by atoms with Crippen molar-refractivity contribution in [3.63, 3.8) is 0 Å². The molecule has 1 saturated heterocycles. The van der Waals surface area contributed by atoms with Crippen LogP contribution in [0.1, 0.15) is 18.4 Å². The van der Waals surface area contributed by atoms with Gasteiger partial charge in [-0.25, -0.2) is 0 Å². The fraction of sp³-hybridized carbons (Fsp3) is 0.632. The number of guanidine groups is 1. The first kappa shape index (κ1) is 23.0. The first-order chi connectivity index (χ1) is 12.1. The number of aryl methyl sites for hydroxylation is 1. The van der Waals surface area contributed by atoms with Crippen LogP contribution >= 0.6 is 24.0 Å². The number of methoxy groups -OCH3 is 1. The number of para-hydroxylation sites is 1. The Balaban J connectivity index is 0.00000338. The lowest BCUT2D eigenvalue weighted by molar-refractivity contribution is -0.0857. The summed E-state index contributed by atoms with van der Waals surface area (Å²) in [6.45, 7) is 5.62. The molecule has 26 heavy (non-hydrogen) atoms. The SMILES string of the molecule is CN=C(NCC1(OC)CCOCC1)N(C)CCOc1ccccc1C.I. The summed E-state index contributed by atoms with van der Waals surface area (Å²) in [4.78, 5) is 6.44. The van der Waals surface area contributed by atoms with Crippen LogP contribution in [0.5, 0.6) is 5.75 Å². The Morgan fingerprint density at radius 1 is 1.31 bits per heavy atom. The van der Waals surface area contributed by atoms with E-state index in [1.807, 2.05) is 25.2 Å². The minimum Gasteiger partial charge on any atom is -0.491 e. The first-order valence-electron chi connectivity index (χ1n) is 8.83. The van der Waals surface area contributed by atoms with Crippen molar-refractivity contribution in [2.45, 2.75) is 25.4 Å². The van der Waals surface area contributed by atoms with Gasteiger partial charge in [0.15, 0.2) is 5.96 Å². The smallest absolute Gasteiger partial charge is 0.193 e. The standard InChI is InChI=1S/C19H31N3O3.HI/c1-16-7-5-6-8-17(16)25-14-11-22(3)18(20-2)21-15-19(23-4)9-12-24-13-10-19;/h5-8H,9-15H2,1-4H3,(H,20,21);1H. The molecule has 1 fully saturated rings. The number of rotatable bonds is 7. The number of aliphatic imine (C=N–C) groups is 1. The van der Waals surface area contributed by atoms with Gasteiger partial charge in [0.25, 0.3) is 0 Å². The Labute approximate surface area is 174 Å². The van der Waals surface area contributed by atoms with Crippen molar-refractivity contribution in [2.24, 2.45) is 4.99 Å². The maximum absolute atomic E-state index is 5.87. The molecule has 148 valence electrons. The van der Waals surface area contributed by atoms with E-state index in [1.165, 1.54) is 0 Å². The van der Waals surface area contributed by atoms with Gasteiger partial charge in [-0.2, -0.15) is 0 Å². The molecular formula is C19H32IN3O3. The molecular weight excluding hydrogens is 445 g/mol. The van der Waals surface area contributed by atoms with Crippen molar-refractivity contribution >= 4 is 29.9 Å². The van der Waals surface area contributed by atoms with Gasteiger partial charge >= 0.3 is 0 Å². The molecule has 7 heteroatoms. The van der Waals surface area contributed by atoms with E-state index in [0.717, 1.165) is 56.4 Å². The van der Waals surface area contributed by atoms with E-state index in [4.69, 9.17) is 14.2 Å². The highest BCUT2D eigenvalue weighted by Crippen LogP contribution is 2.23. The van der Waals surface area contributed by atoms with E-state index in [-0.39, 0.29) is 29.6 Å². The van der Waals surface area contributed by atoms with Gasteiger partial charge in [0.2, 0.25) is 0 Å². The molecule has 0 unspecified atom stereocenters. The van der Waals surface area contributed by atoms with Crippen molar-refractivity contribution in [1.82, 2.24) is 10.2 Å². The van der Waals surface area contributed by atoms with E-state index < -0.39 is 0 Å². The van der Waals surface area contributed by atoms with Crippen LogP contribution in [-0.4, -0.2) is 70.6 Å². The molecule has 0 amide bonds. The van der Waals surface area contributed by atoms with Crippen molar-refractivity contribution in [1.29, 1.82) is 0 Å². The molecule has 0 aliphatic carbocycles. The summed E-state index contributed by atoms with van der Waals surface area (Å²) < 4.78 is 17.1. The summed E-state index contributed by atoms with van der Waals surface area (Å²) in [6, 6.07) is 8.06. The molecule has 1 aromatic carbocycles. The third-order valence-corrected chi connectivity index (χ3v) is 4.76. The predicted molar refractivity (Wildman–Crippen MR) is 116 cm³/mol. The zero-order valence-corrected chi connectivity index (χ0v) is 18.6. The van der Waals surface area contributed by atoms with Gasteiger partial charge in [0.1, 0.15) is 12.4 Å². The molecule has 1 aliphatic rings. The fourth-order valence-electron chi connectivity index (χ4n) is 2.94. The van der Waals surface area contributed by atoms with Crippen LogP contribution in [0.25, 0.3) is 0 Å². The zero-order chi connectivity index (χ0) is 18.1. The molecule has 0 saturated carbocycles. The normalized spacial score (nSPS) is 16.5. The summed E-state index contributed by atoms with van der Waals surface area (Å²) in [5.41, 5.74) is 0.973. The number of likely N-dealkylation sites (N-methyl/N-ethyl adjacent to an activating group) is 1. The largest absolute Gasteiger partial charge is 0.491 e. The van der Waals surface area contributed by atoms with Gasteiger partial charge in [0.05, 0.1) is 12.1 Å². The second-order valence-electron chi connectivity index (χ2n) is 6.44. The molecule has 0 spiro atoms. The summed E-state index contributed by atoms with van der Waals surface area (Å²) in [7, 11) is 5.58. The summed E-state index contributed by atoms with van der Waals surface area (Å²) in [5, 5.41) is 3.43. The first-order valence-corrected chi connectivity index (χ1v) is 8.83. The number of nitrogens with zero attached hydrogens (tertiary/aromatic N) is 2. The lowest BCUT2D eigenvalue weighted by Crippen LogP contribution is -2.51. The number of benzene rings is 1. The van der Waals surface area contributed by atoms with Gasteiger partial charge in [-0.15, -0.1) is 24.0 Å². The monoisotopic (exact) mass is 477 g/mol. The predicted octanol–water partition coefficient (Wildman–Crippen LogP) is 2.69. The quantitative estimate of drug-likeness (QED) is 0.372. The van der Waals surface area contributed by atoms with E-state index >= 15 is 0 Å². The van der Waals surface area contributed by atoms with Gasteiger partial charge < -0.3 is 24.4 Å². The molecule has 2 rings (SSSR count). The number of halogens is 1. The second-order valence-corrected chi connectivity index (χ2v) is 6.44. The Morgan fingerprint density at radius 3 is 2.62 bits per heavy atom. The molecule has 1 heterocycles. The van der Waals surface area contributed by atoms with Crippen molar-refractivity contribution < 1.29 is 14.2 Å². The maximum atomic E-state index is 5.87. The Kier molecular flexibility index (Phi) is 10.3.